The number of carbonyl (C=O) groups excluding carboxylic acids is 1. The predicted octanol–water partition coefficient (Wildman–Crippen LogP) is 2.78. The largest absolute Gasteiger partial charge is 0.358 e. The number of halogens is 2. The van der Waals surface area contributed by atoms with Crippen LogP contribution in [0.3, 0.4) is 0 Å². The summed E-state index contributed by atoms with van der Waals surface area (Å²) in [6.07, 6.45) is 1.11. The zero-order chi connectivity index (χ0) is 14.4. The molecular formula is C12H8ClFN4O. The highest BCUT2D eigenvalue weighted by Crippen LogP contribution is 2.28. The Hall–Kier alpha value is -2.57. The number of carbonyl (C=O) groups is 1. The van der Waals surface area contributed by atoms with Crippen molar-refractivity contribution in [3.8, 4) is 12.1 Å². The number of nitriles is 2. The average molecular weight is 279 g/mol. The van der Waals surface area contributed by atoms with Crippen molar-refractivity contribution < 1.29 is 9.18 Å². The standard InChI is InChI=1S/C12H8ClFN4O/c1-7(19)18-12-2-9(13)10(14)3-11(12)17-6-8(4-15)5-16/h2-3,6,17H,1H3,(H,18,19). The van der Waals surface area contributed by atoms with E-state index in [9.17, 15) is 9.18 Å². The van der Waals surface area contributed by atoms with E-state index >= 15 is 0 Å². The first-order valence-corrected chi connectivity index (χ1v) is 5.39. The van der Waals surface area contributed by atoms with Crippen LogP contribution in [0.2, 0.25) is 5.02 Å². The van der Waals surface area contributed by atoms with E-state index in [1.165, 1.54) is 13.0 Å². The molecule has 2 N–H and O–H groups in total. The predicted molar refractivity (Wildman–Crippen MR) is 68.6 cm³/mol. The van der Waals surface area contributed by atoms with Crippen LogP contribution in [-0.2, 0) is 4.79 Å². The first-order chi connectivity index (χ1) is 8.97. The van der Waals surface area contributed by atoms with E-state index in [4.69, 9.17) is 22.1 Å². The number of anilines is 2. The third-order valence-electron chi connectivity index (χ3n) is 1.98. The summed E-state index contributed by atoms with van der Waals surface area (Å²) in [5.41, 5.74) is 0.231. The number of hydrogen-bond acceptors (Lipinski definition) is 4. The number of nitrogens with one attached hydrogen (secondary N) is 2. The Morgan fingerprint density at radius 1 is 1.37 bits per heavy atom. The van der Waals surface area contributed by atoms with Crippen LogP contribution in [0.1, 0.15) is 6.92 Å². The Labute approximate surface area is 113 Å². The summed E-state index contributed by atoms with van der Waals surface area (Å²) in [5.74, 6) is -1.06. The summed E-state index contributed by atoms with van der Waals surface area (Å²) in [7, 11) is 0. The molecule has 0 saturated heterocycles. The van der Waals surface area contributed by atoms with Crippen molar-refractivity contribution in [1.29, 1.82) is 10.5 Å². The van der Waals surface area contributed by atoms with Gasteiger partial charge in [-0.25, -0.2) is 4.39 Å². The Morgan fingerprint density at radius 3 is 2.53 bits per heavy atom. The van der Waals surface area contributed by atoms with E-state index in [1.807, 2.05) is 0 Å². The maximum absolute atomic E-state index is 13.3. The highest BCUT2D eigenvalue weighted by molar-refractivity contribution is 6.31. The van der Waals surface area contributed by atoms with Crippen molar-refractivity contribution in [2.45, 2.75) is 6.92 Å². The van der Waals surface area contributed by atoms with Crippen LogP contribution in [0, 0.1) is 28.5 Å². The minimum absolute atomic E-state index is 0.154. The Balaban J connectivity index is 3.15. The lowest BCUT2D eigenvalue weighted by molar-refractivity contribution is -0.114. The third kappa shape index (κ3) is 3.98. The molecule has 0 aliphatic rings. The van der Waals surface area contributed by atoms with Crippen molar-refractivity contribution in [2.75, 3.05) is 10.6 Å². The molecule has 7 heteroatoms. The lowest BCUT2D eigenvalue weighted by Gasteiger charge is -2.10. The Kier molecular flexibility index (Phi) is 4.87. The van der Waals surface area contributed by atoms with Crippen LogP contribution in [0.25, 0.3) is 0 Å². The molecule has 0 radical (unpaired) electrons. The molecule has 1 aromatic rings. The van der Waals surface area contributed by atoms with Gasteiger partial charge in [0.2, 0.25) is 5.91 Å². The summed E-state index contributed by atoms with van der Waals surface area (Å²) in [4.78, 5) is 11.0. The smallest absolute Gasteiger partial charge is 0.221 e. The minimum Gasteiger partial charge on any atom is -0.358 e. The molecule has 0 spiro atoms. The van der Waals surface area contributed by atoms with E-state index in [0.29, 0.717) is 0 Å². The van der Waals surface area contributed by atoms with E-state index in [2.05, 4.69) is 10.6 Å². The molecule has 0 aliphatic carbocycles. The second kappa shape index (κ2) is 6.39. The van der Waals surface area contributed by atoms with E-state index < -0.39 is 5.82 Å². The molecule has 19 heavy (non-hydrogen) atoms. The second-order valence-corrected chi connectivity index (χ2v) is 3.83. The van der Waals surface area contributed by atoms with Crippen molar-refractivity contribution >= 4 is 28.9 Å². The number of rotatable bonds is 3. The first kappa shape index (κ1) is 14.5. The van der Waals surface area contributed by atoms with E-state index in [1.54, 1.807) is 12.1 Å². The lowest BCUT2D eigenvalue weighted by atomic mass is 10.2. The summed E-state index contributed by atoms with van der Waals surface area (Å²) in [6.45, 7) is 1.28. The summed E-state index contributed by atoms with van der Waals surface area (Å²) in [6, 6.07) is 5.56. The van der Waals surface area contributed by atoms with Crippen LogP contribution in [0.15, 0.2) is 23.9 Å². The fraction of sp³-hybridized carbons (Fsp3) is 0.0833. The maximum atomic E-state index is 13.3. The molecule has 0 saturated carbocycles. The van der Waals surface area contributed by atoms with Crippen molar-refractivity contribution in [1.82, 2.24) is 0 Å². The molecule has 96 valence electrons. The second-order valence-electron chi connectivity index (χ2n) is 3.42. The van der Waals surface area contributed by atoms with Crippen LogP contribution < -0.4 is 10.6 Å². The van der Waals surface area contributed by atoms with Crippen LogP contribution in [0.4, 0.5) is 15.8 Å². The molecule has 0 aromatic heterocycles. The highest BCUT2D eigenvalue weighted by Gasteiger charge is 2.09. The van der Waals surface area contributed by atoms with Gasteiger partial charge in [0.05, 0.1) is 16.4 Å². The van der Waals surface area contributed by atoms with E-state index in [0.717, 1.165) is 12.3 Å². The molecule has 0 unspecified atom stereocenters. The molecular weight excluding hydrogens is 271 g/mol. The molecule has 0 atom stereocenters. The number of nitrogens with zero attached hydrogens (tertiary/aromatic N) is 2. The number of amides is 1. The van der Waals surface area contributed by atoms with Crippen LogP contribution >= 0.6 is 11.6 Å². The normalized spacial score (nSPS) is 8.89. The van der Waals surface area contributed by atoms with Gasteiger partial charge in [-0.05, 0) is 6.07 Å². The van der Waals surface area contributed by atoms with Gasteiger partial charge in [0, 0.05) is 19.2 Å². The topological polar surface area (TPSA) is 88.7 Å². The first-order valence-electron chi connectivity index (χ1n) is 5.01. The molecule has 0 fully saturated rings. The highest BCUT2D eigenvalue weighted by atomic mass is 35.5. The monoisotopic (exact) mass is 278 g/mol. The van der Waals surface area contributed by atoms with Gasteiger partial charge in [0.25, 0.3) is 0 Å². The van der Waals surface area contributed by atoms with Crippen LogP contribution in [-0.4, -0.2) is 5.91 Å². The van der Waals surface area contributed by atoms with Crippen molar-refractivity contribution in [3.63, 3.8) is 0 Å². The van der Waals surface area contributed by atoms with Gasteiger partial charge in [-0.15, -0.1) is 0 Å². The quantitative estimate of drug-likeness (QED) is 0.832. The molecule has 1 rings (SSSR count). The molecule has 0 heterocycles. The average Bonchev–Trinajstić information content (AvgIpc) is 2.35. The maximum Gasteiger partial charge on any atom is 0.221 e. The number of allylic oxidation sites excluding steroid dienone is 1. The zero-order valence-corrected chi connectivity index (χ0v) is 10.5. The van der Waals surface area contributed by atoms with Gasteiger partial charge in [0.1, 0.15) is 23.5 Å². The number of hydrogen-bond donors (Lipinski definition) is 2. The molecule has 1 amide bonds. The van der Waals surface area contributed by atoms with Crippen LogP contribution in [0.5, 0.6) is 0 Å². The SMILES string of the molecule is CC(=O)Nc1cc(Cl)c(F)cc1NC=C(C#N)C#N. The minimum atomic E-state index is -0.692. The lowest BCUT2D eigenvalue weighted by Crippen LogP contribution is -2.08. The fourth-order valence-electron chi connectivity index (χ4n) is 1.20. The zero-order valence-electron chi connectivity index (χ0n) is 9.79. The van der Waals surface area contributed by atoms with Gasteiger partial charge >= 0.3 is 0 Å². The Bertz CT molecular complexity index is 612. The van der Waals surface area contributed by atoms with Gasteiger partial charge in [0.15, 0.2) is 0 Å². The van der Waals surface area contributed by atoms with Gasteiger partial charge in [-0.1, -0.05) is 11.6 Å². The van der Waals surface area contributed by atoms with Gasteiger partial charge < -0.3 is 10.6 Å². The summed E-state index contributed by atoms with van der Waals surface area (Å²) >= 11 is 5.61. The van der Waals surface area contributed by atoms with Crippen molar-refractivity contribution in [2.24, 2.45) is 0 Å². The molecule has 0 bridgehead atoms. The summed E-state index contributed by atoms with van der Waals surface area (Å²) in [5, 5.41) is 22.0. The molecule has 5 nitrogen and oxygen atoms in total. The fourth-order valence-corrected chi connectivity index (χ4v) is 1.36. The Morgan fingerprint density at radius 2 is 2.00 bits per heavy atom. The summed E-state index contributed by atoms with van der Waals surface area (Å²) < 4.78 is 13.3. The van der Waals surface area contributed by atoms with Gasteiger partial charge in [-0.3, -0.25) is 4.79 Å². The van der Waals surface area contributed by atoms with E-state index in [-0.39, 0.29) is 27.9 Å². The number of benzene rings is 1. The van der Waals surface area contributed by atoms with Gasteiger partial charge in [-0.2, -0.15) is 10.5 Å². The molecule has 1 aromatic carbocycles. The molecule has 0 aliphatic heterocycles. The third-order valence-corrected chi connectivity index (χ3v) is 2.27. The van der Waals surface area contributed by atoms with Crippen molar-refractivity contribution in [3.05, 3.63) is 34.7 Å².